The van der Waals surface area contributed by atoms with Crippen LogP contribution in [0.25, 0.3) is 0 Å². The van der Waals surface area contributed by atoms with E-state index in [0.29, 0.717) is 16.8 Å². The van der Waals surface area contributed by atoms with Crippen LogP contribution in [-0.2, 0) is 6.61 Å². The second-order valence-electron chi connectivity index (χ2n) is 3.86. The fourth-order valence-corrected chi connectivity index (χ4v) is 2.57. The maximum atomic E-state index is 13.2. The van der Waals surface area contributed by atoms with Gasteiger partial charge in [-0.25, -0.2) is 4.39 Å². The Morgan fingerprint density at radius 1 is 1.11 bits per heavy atom. The quantitative estimate of drug-likeness (QED) is 0.737. The molecule has 2 nitrogen and oxygen atoms in total. The van der Waals surface area contributed by atoms with E-state index in [1.807, 2.05) is 18.2 Å². The van der Waals surface area contributed by atoms with E-state index < -0.39 is 0 Å². The molecule has 100 valence electrons. The molecule has 0 aliphatic rings. The minimum absolute atomic E-state index is 0.290. The number of rotatable bonds is 4. The smallest absolute Gasteiger partial charge is 0.134 e. The van der Waals surface area contributed by atoms with Gasteiger partial charge < -0.3 is 9.47 Å². The van der Waals surface area contributed by atoms with E-state index >= 15 is 0 Å². The molecule has 0 unspecified atom stereocenters. The molecule has 5 heteroatoms. The van der Waals surface area contributed by atoms with Gasteiger partial charge >= 0.3 is 0 Å². The fourth-order valence-electron chi connectivity index (χ4n) is 1.58. The van der Waals surface area contributed by atoms with Crippen LogP contribution in [0.4, 0.5) is 4.39 Å². The normalized spacial score (nSPS) is 10.3. The Morgan fingerprint density at radius 2 is 1.89 bits per heavy atom. The maximum Gasteiger partial charge on any atom is 0.134 e. The molecule has 0 aromatic heterocycles. The van der Waals surface area contributed by atoms with Gasteiger partial charge in [-0.2, -0.15) is 0 Å². The zero-order chi connectivity index (χ0) is 13.8. The molecule has 0 aliphatic carbocycles. The summed E-state index contributed by atoms with van der Waals surface area (Å²) in [4.78, 5) is 0. The van der Waals surface area contributed by atoms with Gasteiger partial charge in [-0.1, -0.05) is 15.9 Å². The SMILES string of the molecule is COc1ccc(OCc2cc(F)cc(Br)c2)c(Br)c1. The zero-order valence-electron chi connectivity index (χ0n) is 10.1. The van der Waals surface area contributed by atoms with Crippen molar-refractivity contribution >= 4 is 31.9 Å². The number of methoxy groups -OCH3 is 1. The summed E-state index contributed by atoms with van der Waals surface area (Å²) in [5.74, 6) is 1.13. The van der Waals surface area contributed by atoms with Crippen LogP contribution in [0, 0.1) is 5.82 Å². The first-order chi connectivity index (χ1) is 9.08. The van der Waals surface area contributed by atoms with Gasteiger partial charge in [-0.15, -0.1) is 0 Å². The van der Waals surface area contributed by atoms with Crippen LogP contribution in [0.1, 0.15) is 5.56 Å². The average Bonchev–Trinajstić information content (AvgIpc) is 2.36. The molecule has 0 saturated heterocycles. The minimum Gasteiger partial charge on any atom is -0.497 e. The van der Waals surface area contributed by atoms with E-state index in [2.05, 4.69) is 31.9 Å². The highest BCUT2D eigenvalue weighted by Gasteiger charge is 2.05. The molecular formula is C14H11Br2FO2. The van der Waals surface area contributed by atoms with Crippen molar-refractivity contribution in [3.05, 3.63) is 56.7 Å². The Bertz CT molecular complexity index is 567. The summed E-state index contributed by atoms with van der Waals surface area (Å²) < 4.78 is 25.5. The molecule has 0 atom stereocenters. The Hall–Kier alpha value is -1.07. The first-order valence-corrected chi connectivity index (χ1v) is 7.08. The van der Waals surface area contributed by atoms with Gasteiger partial charge in [0.2, 0.25) is 0 Å². The van der Waals surface area contributed by atoms with Gasteiger partial charge in [0.25, 0.3) is 0 Å². The lowest BCUT2D eigenvalue weighted by Crippen LogP contribution is -1.97. The molecule has 0 saturated carbocycles. The largest absolute Gasteiger partial charge is 0.497 e. The van der Waals surface area contributed by atoms with Crippen molar-refractivity contribution in [3.63, 3.8) is 0 Å². The lowest BCUT2D eigenvalue weighted by atomic mass is 10.2. The van der Waals surface area contributed by atoms with Gasteiger partial charge in [-0.05, 0) is 57.9 Å². The number of ether oxygens (including phenoxy) is 2. The second kappa shape index (κ2) is 6.39. The van der Waals surface area contributed by atoms with Crippen LogP contribution in [0.3, 0.4) is 0 Å². The van der Waals surface area contributed by atoms with Crippen molar-refractivity contribution in [2.45, 2.75) is 6.61 Å². The van der Waals surface area contributed by atoms with Crippen molar-refractivity contribution < 1.29 is 13.9 Å². The Labute approximate surface area is 127 Å². The number of benzene rings is 2. The van der Waals surface area contributed by atoms with Gasteiger partial charge in [0.1, 0.15) is 23.9 Å². The molecule has 0 spiro atoms. The predicted molar refractivity (Wildman–Crippen MR) is 79.1 cm³/mol. The predicted octanol–water partition coefficient (Wildman–Crippen LogP) is 4.94. The minimum atomic E-state index is -0.290. The molecule has 0 radical (unpaired) electrons. The molecule has 2 aromatic rings. The molecular weight excluding hydrogens is 379 g/mol. The topological polar surface area (TPSA) is 18.5 Å². The molecule has 0 aliphatic heterocycles. The standard InChI is InChI=1S/C14H11Br2FO2/c1-18-12-2-3-14(13(16)7-12)19-8-9-4-10(15)6-11(17)5-9/h2-7H,8H2,1H3. The molecule has 0 bridgehead atoms. The highest BCUT2D eigenvalue weighted by Crippen LogP contribution is 2.29. The van der Waals surface area contributed by atoms with E-state index in [1.165, 1.54) is 12.1 Å². The summed E-state index contributed by atoms with van der Waals surface area (Å²) in [6.45, 7) is 0.293. The Kier molecular flexibility index (Phi) is 4.82. The molecule has 2 aromatic carbocycles. The summed E-state index contributed by atoms with van der Waals surface area (Å²) in [7, 11) is 1.60. The third kappa shape index (κ3) is 3.94. The number of hydrogen-bond donors (Lipinski definition) is 0. The van der Waals surface area contributed by atoms with Crippen molar-refractivity contribution in [3.8, 4) is 11.5 Å². The summed E-state index contributed by atoms with van der Waals surface area (Å²) in [5.41, 5.74) is 0.759. The maximum absolute atomic E-state index is 13.2. The summed E-state index contributed by atoms with van der Waals surface area (Å²) in [5, 5.41) is 0. The van der Waals surface area contributed by atoms with Crippen LogP contribution in [-0.4, -0.2) is 7.11 Å². The third-order valence-corrected chi connectivity index (χ3v) is 3.53. The van der Waals surface area contributed by atoms with Crippen LogP contribution in [0.2, 0.25) is 0 Å². The van der Waals surface area contributed by atoms with Gasteiger partial charge in [0.05, 0.1) is 11.6 Å². The zero-order valence-corrected chi connectivity index (χ0v) is 13.3. The molecule has 19 heavy (non-hydrogen) atoms. The van der Waals surface area contributed by atoms with Gasteiger partial charge in [0.15, 0.2) is 0 Å². The first-order valence-electron chi connectivity index (χ1n) is 5.50. The molecule has 2 rings (SSSR count). The van der Waals surface area contributed by atoms with E-state index in [0.717, 1.165) is 15.8 Å². The second-order valence-corrected chi connectivity index (χ2v) is 5.63. The molecule has 0 heterocycles. The van der Waals surface area contributed by atoms with E-state index in [1.54, 1.807) is 13.2 Å². The van der Waals surface area contributed by atoms with Crippen LogP contribution in [0.5, 0.6) is 11.5 Å². The van der Waals surface area contributed by atoms with Crippen molar-refractivity contribution in [2.24, 2.45) is 0 Å². The fraction of sp³-hybridized carbons (Fsp3) is 0.143. The van der Waals surface area contributed by atoms with Crippen LogP contribution >= 0.6 is 31.9 Å². The Balaban J connectivity index is 2.10. The van der Waals surface area contributed by atoms with E-state index in [-0.39, 0.29) is 5.82 Å². The highest BCUT2D eigenvalue weighted by atomic mass is 79.9. The molecule has 0 amide bonds. The molecule has 0 N–H and O–H groups in total. The lowest BCUT2D eigenvalue weighted by Gasteiger charge is -2.10. The van der Waals surface area contributed by atoms with E-state index in [9.17, 15) is 4.39 Å². The summed E-state index contributed by atoms with van der Waals surface area (Å²) in [6, 6.07) is 10.1. The molecule has 0 fully saturated rings. The average molecular weight is 390 g/mol. The van der Waals surface area contributed by atoms with Gasteiger partial charge in [0, 0.05) is 4.47 Å². The van der Waals surface area contributed by atoms with Gasteiger partial charge in [-0.3, -0.25) is 0 Å². The monoisotopic (exact) mass is 388 g/mol. The summed E-state index contributed by atoms with van der Waals surface area (Å²) >= 11 is 6.65. The van der Waals surface area contributed by atoms with E-state index in [4.69, 9.17) is 9.47 Å². The highest BCUT2D eigenvalue weighted by molar-refractivity contribution is 9.10. The number of hydrogen-bond acceptors (Lipinski definition) is 2. The van der Waals surface area contributed by atoms with Crippen molar-refractivity contribution in [1.82, 2.24) is 0 Å². The van der Waals surface area contributed by atoms with Crippen molar-refractivity contribution in [2.75, 3.05) is 7.11 Å². The number of halogens is 3. The first kappa shape index (κ1) is 14.3. The van der Waals surface area contributed by atoms with Crippen LogP contribution < -0.4 is 9.47 Å². The van der Waals surface area contributed by atoms with Crippen molar-refractivity contribution in [1.29, 1.82) is 0 Å². The van der Waals surface area contributed by atoms with Crippen LogP contribution in [0.15, 0.2) is 45.3 Å². The third-order valence-electron chi connectivity index (χ3n) is 2.46. The Morgan fingerprint density at radius 3 is 2.53 bits per heavy atom. The summed E-state index contributed by atoms with van der Waals surface area (Å²) in [6.07, 6.45) is 0. The lowest BCUT2D eigenvalue weighted by molar-refractivity contribution is 0.302.